The maximum absolute atomic E-state index is 12.6. The van der Waals surface area contributed by atoms with Gasteiger partial charge in [0, 0.05) is 17.0 Å². The number of carbonyl (C=O) groups excluding carboxylic acids is 1. The van der Waals surface area contributed by atoms with Crippen LogP contribution in [0.15, 0.2) is 41.3 Å². The van der Waals surface area contributed by atoms with Crippen LogP contribution in [-0.2, 0) is 14.5 Å². The maximum atomic E-state index is 12.6. The van der Waals surface area contributed by atoms with E-state index in [4.69, 9.17) is 27.9 Å². The average molecular weight is 471 g/mol. The Labute approximate surface area is 187 Å². The van der Waals surface area contributed by atoms with Gasteiger partial charge >= 0.3 is 7.48 Å². The molecule has 10 heteroatoms. The molecule has 1 radical (unpaired) electrons. The minimum Gasteiger partial charge on any atom is -0.427 e. The highest BCUT2D eigenvalue weighted by molar-refractivity contribution is 7.90. The van der Waals surface area contributed by atoms with Crippen LogP contribution in [-0.4, -0.2) is 44.4 Å². The fourth-order valence-corrected chi connectivity index (χ4v) is 3.32. The molecular weight excluding hydrogens is 448 g/mol. The van der Waals surface area contributed by atoms with Crippen molar-refractivity contribution in [3.63, 3.8) is 0 Å². The van der Waals surface area contributed by atoms with Crippen molar-refractivity contribution in [2.24, 2.45) is 0 Å². The minimum absolute atomic E-state index is 0.0198. The summed E-state index contributed by atoms with van der Waals surface area (Å²) in [4.78, 5) is 12.6. The van der Waals surface area contributed by atoms with Gasteiger partial charge in [-0.2, -0.15) is 0 Å². The lowest BCUT2D eigenvalue weighted by atomic mass is 9.82. The average Bonchev–Trinajstić information content (AvgIpc) is 2.60. The summed E-state index contributed by atoms with van der Waals surface area (Å²) in [5, 5.41) is 13.3. The predicted molar refractivity (Wildman–Crippen MR) is 121 cm³/mol. The lowest BCUT2D eigenvalue weighted by Gasteiger charge is -2.37. The SMILES string of the molecule is CC(C)(O)C(C)(C)O[B]c1cc(NC(=O)c2ccc(S(C)(=O)=O)cc2Cl)ccc1Cl. The molecule has 1 amide bonds. The number of sulfone groups is 1. The van der Waals surface area contributed by atoms with Gasteiger partial charge in [0.05, 0.1) is 26.7 Å². The number of hydrogen-bond acceptors (Lipinski definition) is 5. The highest BCUT2D eigenvalue weighted by Crippen LogP contribution is 2.25. The predicted octanol–water partition coefficient (Wildman–Crippen LogP) is 3.46. The first-order chi connectivity index (χ1) is 13.6. The molecule has 0 saturated carbocycles. The van der Waals surface area contributed by atoms with Crippen LogP contribution >= 0.6 is 23.2 Å². The first kappa shape index (κ1) is 24.7. The highest BCUT2D eigenvalue weighted by atomic mass is 35.5. The second kappa shape index (κ2) is 8.89. The normalized spacial score (nSPS) is 12.5. The van der Waals surface area contributed by atoms with Gasteiger partial charge < -0.3 is 15.1 Å². The molecule has 2 N–H and O–H groups in total. The van der Waals surface area contributed by atoms with Crippen LogP contribution in [0.2, 0.25) is 10.0 Å². The van der Waals surface area contributed by atoms with Crippen LogP contribution in [0.4, 0.5) is 5.69 Å². The van der Waals surface area contributed by atoms with Crippen LogP contribution in [0.5, 0.6) is 0 Å². The molecule has 0 unspecified atom stereocenters. The number of aliphatic hydroxyl groups is 1. The Hall–Kier alpha value is -1.58. The van der Waals surface area contributed by atoms with E-state index in [1.807, 2.05) is 0 Å². The zero-order chi connectivity index (χ0) is 22.9. The summed E-state index contributed by atoms with van der Waals surface area (Å²) in [5.74, 6) is -0.508. The van der Waals surface area contributed by atoms with E-state index in [2.05, 4.69) is 5.32 Å². The third-order valence-corrected chi connectivity index (χ3v) is 6.59. The summed E-state index contributed by atoms with van der Waals surface area (Å²) in [5.41, 5.74) is -0.918. The van der Waals surface area contributed by atoms with Crippen LogP contribution in [0, 0.1) is 0 Å². The monoisotopic (exact) mass is 470 g/mol. The van der Waals surface area contributed by atoms with E-state index in [0.29, 0.717) is 16.2 Å². The van der Waals surface area contributed by atoms with Gasteiger partial charge in [0.25, 0.3) is 5.91 Å². The summed E-state index contributed by atoms with van der Waals surface area (Å²) < 4.78 is 29.0. The van der Waals surface area contributed by atoms with Crippen LogP contribution < -0.4 is 10.8 Å². The molecule has 2 aromatic rings. The van der Waals surface area contributed by atoms with Crippen molar-refractivity contribution in [2.75, 3.05) is 11.6 Å². The number of nitrogens with one attached hydrogen (secondary N) is 1. The van der Waals surface area contributed by atoms with E-state index in [-0.39, 0.29) is 15.5 Å². The molecule has 0 heterocycles. The smallest absolute Gasteiger partial charge is 0.332 e. The topological polar surface area (TPSA) is 92.7 Å². The van der Waals surface area contributed by atoms with Gasteiger partial charge in [-0.25, -0.2) is 8.42 Å². The fourth-order valence-electron chi connectivity index (χ4n) is 2.18. The zero-order valence-corrected chi connectivity index (χ0v) is 19.6. The van der Waals surface area contributed by atoms with E-state index in [0.717, 1.165) is 6.26 Å². The number of rotatable bonds is 7. The Kier molecular flexibility index (Phi) is 7.31. The van der Waals surface area contributed by atoms with Gasteiger partial charge in [-0.1, -0.05) is 23.2 Å². The molecule has 2 rings (SSSR count). The summed E-state index contributed by atoms with van der Waals surface area (Å²) in [7, 11) is -2.01. The summed E-state index contributed by atoms with van der Waals surface area (Å²) in [6.45, 7) is 6.76. The number of hydrogen-bond donors (Lipinski definition) is 2. The minimum atomic E-state index is -3.43. The highest BCUT2D eigenvalue weighted by Gasteiger charge is 2.35. The molecule has 6 nitrogen and oxygen atoms in total. The second-order valence-corrected chi connectivity index (χ2v) is 10.7. The third-order valence-electron chi connectivity index (χ3n) is 4.82. The first-order valence-electron chi connectivity index (χ1n) is 8.96. The van der Waals surface area contributed by atoms with E-state index < -0.39 is 26.9 Å². The lowest BCUT2D eigenvalue weighted by Crippen LogP contribution is -2.49. The number of anilines is 1. The number of halogens is 2. The zero-order valence-electron chi connectivity index (χ0n) is 17.3. The van der Waals surface area contributed by atoms with Crippen molar-refractivity contribution in [1.82, 2.24) is 0 Å². The second-order valence-electron chi connectivity index (χ2n) is 7.91. The molecule has 0 aliphatic rings. The molecule has 0 saturated heterocycles. The summed E-state index contributed by atoms with van der Waals surface area (Å²) >= 11 is 12.3. The number of carbonyl (C=O) groups is 1. The molecule has 161 valence electrons. The van der Waals surface area contributed by atoms with E-state index >= 15 is 0 Å². The summed E-state index contributed by atoms with van der Waals surface area (Å²) in [6, 6.07) is 8.73. The van der Waals surface area contributed by atoms with E-state index in [1.54, 1.807) is 45.9 Å². The van der Waals surface area contributed by atoms with Gasteiger partial charge in [0.2, 0.25) is 0 Å². The molecule has 0 bridgehead atoms. The van der Waals surface area contributed by atoms with Crippen LogP contribution in [0.1, 0.15) is 38.1 Å². The van der Waals surface area contributed by atoms with E-state index in [1.165, 1.54) is 25.7 Å². The van der Waals surface area contributed by atoms with Gasteiger partial charge in [0.15, 0.2) is 9.84 Å². The van der Waals surface area contributed by atoms with Crippen LogP contribution in [0.25, 0.3) is 0 Å². The molecule has 0 aliphatic carbocycles. The number of amides is 1. The molecule has 30 heavy (non-hydrogen) atoms. The van der Waals surface area contributed by atoms with Gasteiger partial charge in [-0.15, -0.1) is 0 Å². The number of benzene rings is 2. The van der Waals surface area contributed by atoms with Crippen molar-refractivity contribution in [3.8, 4) is 0 Å². The standard InChI is InChI=1S/C20H23BCl2NO5S/c1-19(2,26)20(3,4)29-21-15-10-12(6-9-16(15)22)24-18(25)14-8-7-13(11-17(14)23)30(5,27)28/h6-11,26H,1-5H3,(H,24,25). The molecule has 0 aliphatic heterocycles. The summed E-state index contributed by atoms with van der Waals surface area (Å²) in [6.07, 6.45) is 1.06. The third kappa shape index (κ3) is 5.98. The molecule has 0 fully saturated rings. The molecular formula is C20H23BCl2NO5S. The molecule has 2 aromatic carbocycles. The van der Waals surface area contributed by atoms with Crippen molar-refractivity contribution in [3.05, 3.63) is 52.0 Å². The Bertz CT molecular complexity index is 1070. The van der Waals surface area contributed by atoms with Crippen molar-refractivity contribution >= 4 is 57.6 Å². The fraction of sp³-hybridized carbons (Fsp3) is 0.350. The Morgan fingerprint density at radius 2 is 1.70 bits per heavy atom. The van der Waals surface area contributed by atoms with E-state index in [9.17, 15) is 18.3 Å². The quantitative estimate of drug-likeness (QED) is 0.604. The largest absolute Gasteiger partial charge is 0.427 e. The first-order valence-corrected chi connectivity index (χ1v) is 11.6. The van der Waals surface area contributed by atoms with Crippen molar-refractivity contribution in [1.29, 1.82) is 0 Å². The van der Waals surface area contributed by atoms with Crippen LogP contribution in [0.3, 0.4) is 0 Å². The Morgan fingerprint density at radius 3 is 2.23 bits per heavy atom. The molecule has 0 spiro atoms. The Morgan fingerprint density at radius 1 is 1.07 bits per heavy atom. The molecule has 0 aromatic heterocycles. The lowest BCUT2D eigenvalue weighted by molar-refractivity contribution is -0.0893. The Balaban J connectivity index is 2.20. The van der Waals surface area contributed by atoms with Crippen molar-refractivity contribution < 1.29 is 23.0 Å². The maximum Gasteiger partial charge on any atom is 0.332 e. The van der Waals surface area contributed by atoms with Gasteiger partial charge in [-0.05, 0) is 69.6 Å². The van der Waals surface area contributed by atoms with Gasteiger partial charge in [0.1, 0.15) is 0 Å². The van der Waals surface area contributed by atoms with Gasteiger partial charge in [-0.3, -0.25) is 4.79 Å². The van der Waals surface area contributed by atoms with Crippen molar-refractivity contribution in [2.45, 2.75) is 43.8 Å². The molecule has 0 atom stereocenters.